The number of hydrogen-bond donors (Lipinski definition) is 0. The Hall–Kier alpha value is -0.390. The van der Waals surface area contributed by atoms with Crippen LogP contribution >= 0.6 is 15.9 Å². The summed E-state index contributed by atoms with van der Waals surface area (Å²) in [6.07, 6.45) is 5.63. The maximum atomic E-state index is 5.56. The van der Waals surface area contributed by atoms with Crippen LogP contribution in [-0.2, 0) is 9.47 Å². The van der Waals surface area contributed by atoms with Crippen LogP contribution in [0.4, 0.5) is 0 Å². The molecule has 4 nitrogen and oxygen atoms in total. The molecule has 1 aromatic rings. The van der Waals surface area contributed by atoms with Crippen molar-refractivity contribution < 1.29 is 9.47 Å². The minimum Gasteiger partial charge on any atom is -0.347 e. The van der Waals surface area contributed by atoms with Gasteiger partial charge >= 0.3 is 0 Å². The average Bonchev–Trinajstić information content (AvgIpc) is 2.68. The maximum Gasteiger partial charge on any atom is 0.172 e. The molecule has 76 valence electrons. The Morgan fingerprint density at radius 3 is 2.71 bits per heavy atom. The van der Waals surface area contributed by atoms with E-state index >= 15 is 0 Å². The number of nitrogens with zero attached hydrogens (tertiary/aromatic N) is 2. The lowest BCUT2D eigenvalue weighted by Crippen LogP contribution is -2.45. The van der Waals surface area contributed by atoms with Gasteiger partial charge in [-0.3, -0.25) is 4.68 Å². The van der Waals surface area contributed by atoms with Gasteiger partial charge in [-0.15, -0.1) is 0 Å². The summed E-state index contributed by atoms with van der Waals surface area (Å²) in [5.41, 5.74) is 0. The summed E-state index contributed by atoms with van der Waals surface area (Å²) in [5.74, 6) is -0.275. The Kier molecular flexibility index (Phi) is 1.93. The van der Waals surface area contributed by atoms with Gasteiger partial charge in [0.05, 0.1) is 29.9 Å². The molecule has 0 unspecified atom stereocenters. The molecule has 1 aromatic heterocycles. The van der Waals surface area contributed by atoms with Crippen LogP contribution in [0.25, 0.3) is 0 Å². The zero-order valence-corrected chi connectivity index (χ0v) is 9.24. The molecule has 1 aliphatic heterocycles. The van der Waals surface area contributed by atoms with E-state index in [2.05, 4.69) is 21.0 Å². The van der Waals surface area contributed by atoms with Crippen LogP contribution in [0.3, 0.4) is 0 Å². The van der Waals surface area contributed by atoms with E-state index in [1.54, 1.807) is 6.20 Å². The zero-order valence-electron chi connectivity index (χ0n) is 7.65. The summed E-state index contributed by atoms with van der Waals surface area (Å²) < 4.78 is 14.1. The Morgan fingerprint density at radius 1 is 1.43 bits per heavy atom. The number of halogens is 1. The van der Waals surface area contributed by atoms with Gasteiger partial charge in [-0.1, -0.05) is 0 Å². The Balaban J connectivity index is 1.69. The zero-order chi connectivity index (χ0) is 9.60. The second-order valence-electron chi connectivity index (χ2n) is 3.81. The monoisotopic (exact) mass is 258 g/mol. The molecule has 0 atom stereocenters. The topological polar surface area (TPSA) is 36.3 Å². The van der Waals surface area contributed by atoms with Gasteiger partial charge in [0.1, 0.15) is 0 Å². The minimum atomic E-state index is -0.275. The third kappa shape index (κ3) is 1.31. The van der Waals surface area contributed by atoms with Crippen LogP contribution < -0.4 is 0 Å². The van der Waals surface area contributed by atoms with Crippen LogP contribution in [0, 0.1) is 0 Å². The molecule has 0 bridgehead atoms. The first kappa shape index (κ1) is 8.88. The highest BCUT2D eigenvalue weighted by Gasteiger charge is 2.50. The van der Waals surface area contributed by atoms with Gasteiger partial charge in [-0.05, 0) is 15.9 Å². The Morgan fingerprint density at radius 2 is 2.14 bits per heavy atom. The van der Waals surface area contributed by atoms with Crippen molar-refractivity contribution in [2.45, 2.75) is 24.7 Å². The van der Waals surface area contributed by atoms with E-state index in [4.69, 9.17) is 9.47 Å². The number of ether oxygens (including phenoxy) is 2. The van der Waals surface area contributed by atoms with Crippen molar-refractivity contribution in [2.24, 2.45) is 0 Å². The van der Waals surface area contributed by atoms with Gasteiger partial charge in [0.25, 0.3) is 0 Å². The second-order valence-corrected chi connectivity index (χ2v) is 4.72. The molecule has 2 aliphatic rings. The molecular weight excluding hydrogens is 248 g/mol. The fourth-order valence-electron chi connectivity index (χ4n) is 2.09. The Labute approximate surface area is 90.3 Å². The molecule has 1 saturated carbocycles. The van der Waals surface area contributed by atoms with Crippen LogP contribution in [0.1, 0.15) is 18.9 Å². The van der Waals surface area contributed by atoms with Crippen molar-refractivity contribution in [2.75, 3.05) is 13.2 Å². The molecule has 1 saturated heterocycles. The van der Waals surface area contributed by atoms with E-state index in [0.717, 1.165) is 30.5 Å². The van der Waals surface area contributed by atoms with Gasteiger partial charge in [-0.25, -0.2) is 0 Å². The predicted molar refractivity (Wildman–Crippen MR) is 52.8 cm³/mol. The lowest BCUT2D eigenvalue weighted by molar-refractivity contribution is -0.227. The van der Waals surface area contributed by atoms with Crippen LogP contribution in [-0.4, -0.2) is 28.8 Å². The van der Waals surface area contributed by atoms with Crippen molar-refractivity contribution in [3.8, 4) is 0 Å². The van der Waals surface area contributed by atoms with Gasteiger partial charge < -0.3 is 9.47 Å². The van der Waals surface area contributed by atoms with Crippen LogP contribution in [0.2, 0.25) is 0 Å². The first-order valence-corrected chi connectivity index (χ1v) is 5.54. The standard InChI is InChI=1S/C9H11BrN2O2/c10-7-5-11-12(6-7)8-3-9(4-8)13-1-2-14-9/h5-6,8H,1-4H2. The third-order valence-electron chi connectivity index (χ3n) is 2.85. The average molecular weight is 259 g/mol. The molecule has 0 aromatic carbocycles. The summed E-state index contributed by atoms with van der Waals surface area (Å²) in [7, 11) is 0. The molecule has 1 aliphatic carbocycles. The molecular formula is C9H11BrN2O2. The van der Waals surface area contributed by atoms with E-state index in [-0.39, 0.29) is 5.79 Å². The minimum absolute atomic E-state index is 0.275. The number of rotatable bonds is 1. The molecule has 14 heavy (non-hydrogen) atoms. The summed E-state index contributed by atoms with van der Waals surface area (Å²) in [4.78, 5) is 0. The van der Waals surface area contributed by atoms with Gasteiger partial charge in [0.2, 0.25) is 0 Å². The highest BCUT2D eigenvalue weighted by molar-refractivity contribution is 9.10. The molecule has 3 rings (SSSR count). The fraction of sp³-hybridized carbons (Fsp3) is 0.667. The molecule has 0 N–H and O–H groups in total. The van der Waals surface area contributed by atoms with Gasteiger partial charge in [0, 0.05) is 19.0 Å². The summed E-state index contributed by atoms with van der Waals surface area (Å²) in [6.45, 7) is 1.46. The summed E-state index contributed by atoms with van der Waals surface area (Å²) in [6, 6.07) is 0.430. The number of aromatic nitrogens is 2. The van der Waals surface area contributed by atoms with Crippen molar-refractivity contribution in [1.82, 2.24) is 9.78 Å². The lowest BCUT2D eigenvalue weighted by Gasteiger charge is -2.42. The predicted octanol–water partition coefficient (Wildman–Crippen LogP) is 1.72. The molecule has 0 amide bonds. The largest absolute Gasteiger partial charge is 0.347 e. The van der Waals surface area contributed by atoms with E-state index in [9.17, 15) is 0 Å². The number of hydrogen-bond acceptors (Lipinski definition) is 3. The van der Waals surface area contributed by atoms with Crippen LogP contribution in [0.15, 0.2) is 16.9 Å². The highest BCUT2D eigenvalue weighted by atomic mass is 79.9. The van der Waals surface area contributed by atoms with E-state index in [1.807, 2.05) is 10.9 Å². The highest BCUT2D eigenvalue weighted by Crippen LogP contribution is 2.46. The van der Waals surface area contributed by atoms with E-state index in [0.29, 0.717) is 6.04 Å². The summed E-state index contributed by atoms with van der Waals surface area (Å²) >= 11 is 3.38. The smallest absolute Gasteiger partial charge is 0.172 e. The summed E-state index contributed by atoms with van der Waals surface area (Å²) in [5, 5.41) is 4.25. The molecule has 2 fully saturated rings. The van der Waals surface area contributed by atoms with Gasteiger partial charge in [0.15, 0.2) is 5.79 Å². The van der Waals surface area contributed by atoms with Crippen molar-refractivity contribution in [1.29, 1.82) is 0 Å². The second kappa shape index (κ2) is 3.05. The quantitative estimate of drug-likeness (QED) is 0.770. The lowest BCUT2D eigenvalue weighted by atomic mass is 9.85. The third-order valence-corrected chi connectivity index (χ3v) is 3.26. The Bertz CT molecular complexity index is 338. The molecule has 5 heteroatoms. The van der Waals surface area contributed by atoms with Crippen molar-refractivity contribution in [3.63, 3.8) is 0 Å². The fourth-order valence-corrected chi connectivity index (χ4v) is 2.39. The normalized spacial score (nSPS) is 25.5. The molecule has 1 spiro atoms. The molecule has 0 radical (unpaired) electrons. The first-order chi connectivity index (χ1) is 6.77. The first-order valence-electron chi connectivity index (χ1n) is 4.75. The van der Waals surface area contributed by atoms with Gasteiger partial charge in [-0.2, -0.15) is 5.10 Å². The van der Waals surface area contributed by atoms with Crippen molar-refractivity contribution in [3.05, 3.63) is 16.9 Å². The van der Waals surface area contributed by atoms with Crippen LogP contribution in [0.5, 0.6) is 0 Å². The van der Waals surface area contributed by atoms with E-state index < -0.39 is 0 Å². The maximum absolute atomic E-state index is 5.56. The van der Waals surface area contributed by atoms with E-state index in [1.165, 1.54) is 0 Å². The van der Waals surface area contributed by atoms with Crippen molar-refractivity contribution >= 4 is 15.9 Å². The molecule has 2 heterocycles. The SMILES string of the molecule is Brc1cnn(C2CC3(C2)OCCO3)c1.